The lowest BCUT2D eigenvalue weighted by molar-refractivity contribution is 0.346. The molecule has 0 unspecified atom stereocenters. The maximum atomic E-state index is 12.2. The van der Waals surface area contributed by atoms with Crippen LogP contribution in [-0.4, -0.2) is 13.6 Å². The first kappa shape index (κ1) is 14.0. The molecule has 0 atom stereocenters. The first-order chi connectivity index (χ1) is 7.84. The van der Waals surface area contributed by atoms with Crippen LogP contribution in [0.25, 0.3) is 0 Å². The van der Waals surface area contributed by atoms with Gasteiger partial charge >= 0.3 is 6.98 Å². The van der Waals surface area contributed by atoms with Crippen molar-refractivity contribution in [2.75, 3.05) is 6.61 Å². The number of hydrogen-bond acceptors (Lipinski definition) is 1. The molecule has 0 aliphatic heterocycles. The van der Waals surface area contributed by atoms with Crippen molar-refractivity contribution in [3.63, 3.8) is 0 Å². The third kappa shape index (κ3) is 4.00. The largest absolute Gasteiger partial charge is 0.508 e. The van der Waals surface area contributed by atoms with Gasteiger partial charge in [-0.1, -0.05) is 18.5 Å². The van der Waals surface area contributed by atoms with Crippen LogP contribution < -0.4 is 4.74 Å². The van der Waals surface area contributed by atoms with Crippen LogP contribution >= 0.6 is 11.6 Å². The highest BCUT2D eigenvalue weighted by atomic mass is 35.5. The van der Waals surface area contributed by atoms with E-state index in [1.807, 2.05) is 6.92 Å². The number of hydrogen-bond donors (Lipinski definition) is 0. The summed E-state index contributed by atoms with van der Waals surface area (Å²) in [5.41, 5.74) is -0.00898. The highest BCUT2D eigenvalue weighted by Gasteiger charge is 2.26. The van der Waals surface area contributed by atoms with Gasteiger partial charge < -0.3 is 17.7 Å². The Bertz CT molecular complexity index is 418. The van der Waals surface area contributed by atoms with E-state index in [2.05, 4.69) is 6.58 Å². The Kier molecular flexibility index (Phi) is 4.51. The van der Waals surface area contributed by atoms with Crippen molar-refractivity contribution < 1.29 is 17.7 Å². The second-order valence-electron chi connectivity index (χ2n) is 3.63. The highest BCUT2D eigenvalue weighted by Crippen LogP contribution is 2.24. The smallest absolute Gasteiger partial charge is 0.492 e. The van der Waals surface area contributed by atoms with E-state index in [4.69, 9.17) is 16.3 Å². The van der Waals surface area contributed by atoms with Gasteiger partial charge in [-0.2, -0.15) is 0 Å². The number of rotatable bonds is 5. The molecule has 1 rings (SSSR count). The first-order valence-electron chi connectivity index (χ1n) is 5.13. The Labute approximate surface area is 103 Å². The normalized spacial score (nSPS) is 11.4. The lowest BCUT2D eigenvalue weighted by atomic mass is 9.81. The maximum absolute atomic E-state index is 12.2. The minimum absolute atomic E-state index is 0.368. The molecule has 0 aliphatic rings. The van der Waals surface area contributed by atoms with E-state index in [-0.39, 0.29) is 0 Å². The fourth-order valence-corrected chi connectivity index (χ4v) is 1.43. The van der Waals surface area contributed by atoms with Gasteiger partial charge in [-0.05, 0) is 30.2 Å². The molecule has 17 heavy (non-hydrogen) atoms. The predicted molar refractivity (Wildman–Crippen MR) is 64.5 cm³/mol. The second kappa shape index (κ2) is 5.49. The van der Waals surface area contributed by atoms with Crippen LogP contribution in [0.5, 0.6) is 5.75 Å². The Balaban J connectivity index is 2.67. The van der Waals surface area contributed by atoms with E-state index in [1.165, 1.54) is 6.07 Å². The predicted octanol–water partition coefficient (Wildman–Crippen LogP) is 4.22. The van der Waals surface area contributed by atoms with Crippen molar-refractivity contribution in [2.45, 2.75) is 13.3 Å². The van der Waals surface area contributed by atoms with E-state index in [0.29, 0.717) is 17.2 Å². The van der Waals surface area contributed by atoms with Gasteiger partial charge in [-0.3, -0.25) is 0 Å². The summed E-state index contributed by atoms with van der Waals surface area (Å²) in [6.07, 6.45) is 0.695. The highest BCUT2D eigenvalue weighted by molar-refractivity contribution is 6.66. The quantitative estimate of drug-likeness (QED) is 0.723. The molecule has 6 heteroatoms. The van der Waals surface area contributed by atoms with Gasteiger partial charge in [0.25, 0.3) is 0 Å². The standard InChI is InChI=1S/C11H12BClF3O/c1-3-9-6-10(4-5-11(9)13)17-7-8(2)12(14,15)16/h4-6H,2-3,7H2,1H3/q-1. The summed E-state index contributed by atoms with van der Waals surface area (Å²) in [6.45, 7) is -0.725. The zero-order valence-corrected chi connectivity index (χ0v) is 10.1. The van der Waals surface area contributed by atoms with Crippen molar-refractivity contribution >= 4 is 18.6 Å². The topological polar surface area (TPSA) is 9.23 Å². The van der Waals surface area contributed by atoms with Gasteiger partial charge in [0.05, 0.1) is 6.61 Å². The Morgan fingerprint density at radius 2 is 2.06 bits per heavy atom. The van der Waals surface area contributed by atoms with Crippen molar-refractivity contribution in [1.82, 2.24) is 0 Å². The second-order valence-corrected chi connectivity index (χ2v) is 4.04. The molecule has 1 nitrogen and oxygen atoms in total. The molecule has 0 N–H and O–H groups in total. The van der Waals surface area contributed by atoms with Crippen molar-refractivity contribution in [3.05, 3.63) is 40.8 Å². The van der Waals surface area contributed by atoms with Crippen LogP contribution in [0.1, 0.15) is 12.5 Å². The van der Waals surface area contributed by atoms with Crippen LogP contribution in [0.2, 0.25) is 5.02 Å². The van der Waals surface area contributed by atoms with E-state index in [0.717, 1.165) is 5.56 Å². The lowest BCUT2D eigenvalue weighted by Crippen LogP contribution is -2.23. The minimum atomic E-state index is -5.04. The summed E-state index contributed by atoms with van der Waals surface area (Å²) in [6, 6.07) is 4.79. The van der Waals surface area contributed by atoms with Gasteiger partial charge in [-0.25, -0.2) is 0 Å². The number of ether oxygens (including phenoxy) is 1. The summed E-state index contributed by atoms with van der Waals surface area (Å²) in [5.74, 6) is 0.368. The van der Waals surface area contributed by atoms with E-state index < -0.39 is 19.1 Å². The van der Waals surface area contributed by atoms with E-state index in [1.54, 1.807) is 12.1 Å². The van der Waals surface area contributed by atoms with Crippen LogP contribution in [0.3, 0.4) is 0 Å². The summed E-state index contributed by atoms with van der Waals surface area (Å²) in [4.78, 5) is 0. The molecule has 0 aromatic heterocycles. The molecule has 1 aromatic carbocycles. The molecule has 0 bridgehead atoms. The van der Waals surface area contributed by atoms with Gasteiger partial charge in [0.2, 0.25) is 0 Å². The van der Waals surface area contributed by atoms with Crippen LogP contribution in [0, 0.1) is 0 Å². The average Bonchev–Trinajstić information content (AvgIpc) is 2.26. The number of aryl methyl sites for hydroxylation is 1. The van der Waals surface area contributed by atoms with Gasteiger partial charge in [-0.15, -0.1) is 12.1 Å². The van der Waals surface area contributed by atoms with Crippen LogP contribution in [0.15, 0.2) is 30.3 Å². The third-order valence-electron chi connectivity index (χ3n) is 2.29. The summed E-state index contributed by atoms with van der Waals surface area (Å²) < 4.78 is 41.7. The number of halogens is 4. The molecule has 0 spiro atoms. The zero-order valence-electron chi connectivity index (χ0n) is 9.35. The molecule has 1 aromatic rings. The molecule has 0 fully saturated rings. The molecule has 0 amide bonds. The summed E-state index contributed by atoms with van der Waals surface area (Å²) in [5, 5.41) is 0.582. The molecular weight excluding hydrogens is 251 g/mol. The summed E-state index contributed by atoms with van der Waals surface area (Å²) >= 11 is 5.88. The van der Waals surface area contributed by atoms with E-state index in [9.17, 15) is 12.9 Å². The molecule has 0 radical (unpaired) electrons. The summed E-state index contributed by atoms with van der Waals surface area (Å²) in [7, 11) is 0. The number of benzene rings is 1. The Morgan fingerprint density at radius 1 is 1.41 bits per heavy atom. The molecule has 94 valence electrons. The van der Waals surface area contributed by atoms with Crippen LogP contribution in [-0.2, 0) is 6.42 Å². The lowest BCUT2D eigenvalue weighted by Gasteiger charge is -2.18. The monoisotopic (exact) mass is 263 g/mol. The molecule has 0 aliphatic carbocycles. The third-order valence-corrected chi connectivity index (χ3v) is 2.65. The van der Waals surface area contributed by atoms with Gasteiger partial charge in [0.1, 0.15) is 5.75 Å². The maximum Gasteiger partial charge on any atom is 0.508 e. The zero-order chi connectivity index (χ0) is 13.1. The SMILES string of the molecule is C=C(COc1ccc(Cl)c(CC)c1)[B-](F)(F)F. The average molecular weight is 263 g/mol. The Morgan fingerprint density at radius 3 is 2.59 bits per heavy atom. The minimum Gasteiger partial charge on any atom is -0.492 e. The molecule has 0 saturated carbocycles. The van der Waals surface area contributed by atoms with Crippen molar-refractivity contribution in [2.24, 2.45) is 0 Å². The molecule has 0 heterocycles. The van der Waals surface area contributed by atoms with Gasteiger partial charge in [0, 0.05) is 5.02 Å². The molecule has 0 saturated heterocycles. The molecular formula is C11H12BClF3O-. The van der Waals surface area contributed by atoms with Gasteiger partial charge in [0.15, 0.2) is 0 Å². The first-order valence-corrected chi connectivity index (χ1v) is 5.51. The fraction of sp³-hybridized carbons (Fsp3) is 0.273. The van der Waals surface area contributed by atoms with Crippen molar-refractivity contribution in [3.8, 4) is 5.75 Å². The Hall–Kier alpha value is -1.10. The van der Waals surface area contributed by atoms with E-state index >= 15 is 0 Å². The fourth-order valence-electron chi connectivity index (χ4n) is 1.18. The van der Waals surface area contributed by atoms with Crippen LogP contribution in [0.4, 0.5) is 12.9 Å². The van der Waals surface area contributed by atoms with Crippen molar-refractivity contribution in [1.29, 1.82) is 0 Å².